The number of nitrogens with two attached hydrogens (primary N) is 1. The van der Waals surface area contributed by atoms with Gasteiger partial charge >= 0.3 is 6.03 Å². The highest BCUT2D eigenvalue weighted by Gasteiger charge is 2.26. The molecule has 0 aliphatic carbocycles. The monoisotopic (exact) mass is 290 g/mol. The van der Waals surface area contributed by atoms with E-state index in [1.165, 1.54) is 0 Å². The highest BCUT2D eigenvalue weighted by molar-refractivity contribution is 5.89. The van der Waals surface area contributed by atoms with Crippen LogP contribution in [0.15, 0.2) is 24.3 Å². The molecular weight excluding hydrogens is 264 g/mol. The van der Waals surface area contributed by atoms with E-state index in [0.717, 1.165) is 37.3 Å². The number of hydrogen-bond donors (Lipinski definition) is 2. The number of nitrogens with one attached hydrogen (secondary N) is 1. The third kappa shape index (κ3) is 3.95. The Morgan fingerprint density at radius 3 is 2.90 bits per heavy atom. The van der Waals surface area contributed by atoms with Crippen LogP contribution in [0.3, 0.4) is 0 Å². The van der Waals surface area contributed by atoms with Crippen molar-refractivity contribution in [3.8, 4) is 0 Å². The summed E-state index contributed by atoms with van der Waals surface area (Å²) < 4.78 is 0. The van der Waals surface area contributed by atoms with Gasteiger partial charge in [-0.05, 0) is 38.1 Å². The van der Waals surface area contributed by atoms with Crippen LogP contribution in [0.5, 0.6) is 0 Å². The summed E-state index contributed by atoms with van der Waals surface area (Å²) in [4.78, 5) is 16.6. The van der Waals surface area contributed by atoms with E-state index in [2.05, 4.69) is 24.2 Å². The normalized spacial score (nSPS) is 21.1. The summed E-state index contributed by atoms with van der Waals surface area (Å²) in [6.45, 7) is 6.57. The number of rotatable bonds is 3. The first kappa shape index (κ1) is 15.8. The Labute approximate surface area is 127 Å². The van der Waals surface area contributed by atoms with Gasteiger partial charge in [0.05, 0.1) is 0 Å². The molecule has 0 aromatic heterocycles. The summed E-state index contributed by atoms with van der Waals surface area (Å²) in [5.74, 6) is 0. The van der Waals surface area contributed by atoms with E-state index < -0.39 is 0 Å². The summed E-state index contributed by atoms with van der Waals surface area (Å²) in [6.07, 6.45) is 1.06. The molecule has 1 aromatic carbocycles. The zero-order valence-corrected chi connectivity index (χ0v) is 13.2. The average Bonchev–Trinajstić information content (AvgIpc) is 2.47. The van der Waals surface area contributed by atoms with E-state index in [1.54, 1.807) is 0 Å². The van der Waals surface area contributed by atoms with E-state index in [4.69, 9.17) is 5.73 Å². The van der Waals surface area contributed by atoms with Crippen LogP contribution in [0.25, 0.3) is 0 Å². The minimum Gasteiger partial charge on any atom is -0.324 e. The molecule has 0 saturated carbocycles. The molecule has 2 unspecified atom stereocenters. The molecule has 116 valence electrons. The molecule has 1 heterocycles. The fourth-order valence-corrected chi connectivity index (χ4v) is 2.67. The molecule has 21 heavy (non-hydrogen) atoms. The van der Waals surface area contributed by atoms with Gasteiger partial charge in [0.1, 0.15) is 0 Å². The van der Waals surface area contributed by atoms with Gasteiger partial charge in [0.25, 0.3) is 0 Å². The number of anilines is 1. The Morgan fingerprint density at radius 1 is 1.48 bits per heavy atom. The third-order valence-electron chi connectivity index (χ3n) is 4.20. The second kappa shape index (κ2) is 6.91. The highest BCUT2D eigenvalue weighted by atomic mass is 16.2. The number of amides is 2. The second-order valence-corrected chi connectivity index (χ2v) is 5.83. The lowest BCUT2D eigenvalue weighted by Crippen LogP contribution is -2.54. The van der Waals surface area contributed by atoms with Gasteiger partial charge in [-0.15, -0.1) is 0 Å². The summed E-state index contributed by atoms with van der Waals surface area (Å²) in [5.41, 5.74) is 7.71. The number of urea groups is 1. The summed E-state index contributed by atoms with van der Waals surface area (Å²) in [6, 6.07) is 8.13. The average molecular weight is 290 g/mol. The first-order valence-electron chi connectivity index (χ1n) is 7.63. The minimum atomic E-state index is -0.0324. The predicted molar refractivity (Wildman–Crippen MR) is 86.3 cm³/mol. The summed E-state index contributed by atoms with van der Waals surface area (Å²) in [7, 11) is 2.12. The van der Waals surface area contributed by atoms with Crippen molar-refractivity contribution in [1.29, 1.82) is 0 Å². The van der Waals surface area contributed by atoms with Crippen LogP contribution in [0, 0.1) is 0 Å². The lowest BCUT2D eigenvalue weighted by atomic mass is 10.1. The number of piperazine rings is 1. The van der Waals surface area contributed by atoms with Crippen LogP contribution < -0.4 is 11.1 Å². The Morgan fingerprint density at radius 2 is 2.24 bits per heavy atom. The maximum Gasteiger partial charge on any atom is 0.321 e. The van der Waals surface area contributed by atoms with Crippen LogP contribution in [0.1, 0.15) is 31.9 Å². The number of hydrogen-bond acceptors (Lipinski definition) is 3. The van der Waals surface area contributed by atoms with Gasteiger partial charge in [-0.1, -0.05) is 19.1 Å². The lowest BCUT2D eigenvalue weighted by molar-refractivity contribution is 0.114. The van der Waals surface area contributed by atoms with Gasteiger partial charge in [0, 0.05) is 37.4 Å². The first-order chi connectivity index (χ1) is 10.0. The maximum atomic E-state index is 12.4. The molecule has 5 heteroatoms. The summed E-state index contributed by atoms with van der Waals surface area (Å²) in [5, 5.41) is 2.98. The topological polar surface area (TPSA) is 61.6 Å². The Kier molecular flexibility index (Phi) is 5.20. The molecule has 0 spiro atoms. The standard InChI is InChI=1S/C16H26N4O/c1-4-15-11-20(9-8-19(15)3)16(21)18-14-7-5-6-13(10-14)12(2)17/h5-7,10,12,15H,4,8-9,11,17H2,1-3H3,(H,18,21). The smallest absolute Gasteiger partial charge is 0.321 e. The van der Waals surface area contributed by atoms with Gasteiger partial charge in [-0.25, -0.2) is 4.79 Å². The third-order valence-corrected chi connectivity index (χ3v) is 4.20. The Hall–Kier alpha value is -1.59. The summed E-state index contributed by atoms with van der Waals surface area (Å²) >= 11 is 0. The van der Waals surface area contributed by atoms with E-state index in [1.807, 2.05) is 36.1 Å². The van der Waals surface area contributed by atoms with Gasteiger partial charge in [0.2, 0.25) is 0 Å². The zero-order chi connectivity index (χ0) is 15.4. The van der Waals surface area contributed by atoms with Crippen molar-refractivity contribution in [3.05, 3.63) is 29.8 Å². The molecule has 1 aromatic rings. The van der Waals surface area contributed by atoms with Crippen molar-refractivity contribution in [1.82, 2.24) is 9.80 Å². The zero-order valence-electron chi connectivity index (χ0n) is 13.2. The van der Waals surface area contributed by atoms with Crippen LogP contribution in [-0.2, 0) is 0 Å². The molecule has 0 bridgehead atoms. The van der Waals surface area contributed by atoms with E-state index in [9.17, 15) is 4.79 Å². The molecule has 1 aliphatic heterocycles. The molecule has 2 amide bonds. The van der Waals surface area contributed by atoms with Crippen LogP contribution in [0.4, 0.5) is 10.5 Å². The van der Waals surface area contributed by atoms with E-state index >= 15 is 0 Å². The SMILES string of the molecule is CCC1CN(C(=O)Nc2cccc(C(C)N)c2)CCN1C. The van der Waals surface area contributed by atoms with Crippen LogP contribution in [-0.4, -0.2) is 48.6 Å². The van der Waals surface area contributed by atoms with Crippen LogP contribution >= 0.6 is 0 Å². The number of nitrogens with zero attached hydrogens (tertiary/aromatic N) is 2. The molecule has 0 radical (unpaired) electrons. The molecule has 5 nitrogen and oxygen atoms in total. The minimum absolute atomic E-state index is 0.0247. The van der Waals surface area contributed by atoms with Gasteiger partial charge < -0.3 is 16.0 Å². The van der Waals surface area contributed by atoms with E-state index in [0.29, 0.717) is 6.04 Å². The quantitative estimate of drug-likeness (QED) is 0.897. The maximum absolute atomic E-state index is 12.4. The molecule has 3 N–H and O–H groups in total. The molecule has 2 atom stereocenters. The van der Waals surface area contributed by atoms with E-state index in [-0.39, 0.29) is 12.1 Å². The molecule has 1 saturated heterocycles. The molecule has 1 aliphatic rings. The van der Waals surface area contributed by atoms with Crippen molar-refractivity contribution in [2.24, 2.45) is 5.73 Å². The molecule has 1 fully saturated rings. The fraction of sp³-hybridized carbons (Fsp3) is 0.562. The number of carbonyl (C=O) groups is 1. The van der Waals surface area contributed by atoms with Crippen molar-refractivity contribution in [2.45, 2.75) is 32.4 Å². The molecular formula is C16H26N4O. The molecule has 2 rings (SSSR count). The van der Waals surface area contributed by atoms with Crippen molar-refractivity contribution in [2.75, 3.05) is 32.0 Å². The van der Waals surface area contributed by atoms with Crippen molar-refractivity contribution < 1.29 is 4.79 Å². The van der Waals surface area contributed by atoms with Crippen molar-refractivity contribution in [3.63, 3.8) is 0 Å². The highest BCUT2D eigenvalue weighted by Crippen LogP contribution is 2.17. The Balaban J connectivity index is 1.99. The van der Waals surface area contributed by atoms with Crippen LogP contribution in [0.2, 0.25) is 0 Å². The van der Waals surface area contributed by atoms with Crippen molar-refractivity contribution >= 4 is 11.7 Å². The lowest BCUT2D eigenvalue weighted by Gasteiger charge is -2.39. The largest absolute Gasteiger partial charge is 0.324 e. The van der Waals surface area contributed by atoms with Gasteiger partial charge in [0.15, 0.2) is 0 Å². The second-order valence-electron chi connectivity index (χ2n) is 5.83. The number of benzene rings is 1. The Bertz CT molecular complexity index is 489. The fourth-order valence-electron chi connectivity index (χ4n) is 2.67. The predicted octanol–water partition coefficient (Wildman–Crippen LogP) is 2.26. The number of likely N-dealkylation sites (N-methyl/N-ethyl adjacent to an activating group) is 1. The van der Waals surface area contributed by atoms with Gasteiger partial charge in [-0.2, -0.15) is 0 Å². The first-order valence-corrected chi connectivity index (χ1v) is 7.63. The number of carbonyl (C=O) groups excluding carboxylic acids is 1. The van der Waals surface area contributed by atoms with Gasteiger partial charge in [-0.3, -0.25) is 4.90 Å².